The SMILES string of the molecule is CCCCOC(=O)n1ccc2cc(C)cc(Cl)c21. The van der Waals surface area contributed by atoms with E-state index in [1.807, 2.05) is 25.1 Å². The van der Waals surface area contributed by atoms with E-state index in [1.54, 1.807) is 6.20 Å². The number of hydrogen-bond donors (Lipinski definition) is 0. The maximum absolute atomic E-state index is 11.9. The van der Waals surface area contributed by atoms with Crippen molar-refractivity contribution >= 4 is 28.6 Å². The second kappa shape index (κ2) is 5.44. The third-order valence-corrected chi connectivity index (χ3v) is 3.09. The molecule has 0 unspecified atom stereocenters. The normalized spacial score (nSPS) is 10.8. The van der Waals surface area contributed by atoms with Crippen LogP contribution in [-0.2, 0) is 4.74 Å². The summed E-state index contributed by atoms with van der Waals surface area (Å²) < 4.78 is 6.65. The summed E-state index contributed by atoms with van der Waals surface area (Å²) in [5.41, 5.74) is 1.79. The monoisotopic (exact) mass is 265 g/mol. The average Bonchev–Trinajstić information content (AvgIpc) is 2.73. The molecule has 0 radical (unpaired) electrons. The topological polar surface area (TPSA) is 31.2 Å². The lowest BCUT2D eigenvalue weighted by Gasteiger charge is -2.07. The molecule has 18 heavy (non-hydrogen) atoms. The number of carbonyl (C=O) groups excluding carboxylic acids is 1. The van der Waals surface area contributed by atoms with Crippen LogP contribution < -0.4 is 0 Å². The third kappa shape index (κ3) is 2.51. The van der Waals surface area contributed by atoms with Gasteiger partial charge in [0.1, 0.15) is 0 Å². The Kier molecular flexibility index (Phi) is 3.92. The molecule has 1 aromatic heterocycles. The van der Waals surface area contributed by atoms with Gasteiger partial charge >= 0.3 is 6.09 Å². The zero-order valence-electron chi connectivity index (χ0n) is 10.6. The summed E-state index contributed by atoms with van der Waals surface area (Å²) in [6.07, 6.45) is 3.20. The highest BCUT2D eigenvalue weighted by Gasteiger charge is 2.12. The minimum absolute atomic E-state index is 0.371. The van der Waals surface area contributed by atoms with Gasteiger partial charge in [0.15, 0.2) is 0 Å². The van der Waals surface area contributed by atoms with E-state index in [9.17, 15) is 4.79 Å². The molecule has 96 valence electrons. The van der Waals surface area contributed by atoms with Gasteiger partial charge in [-0.05, 0) is 37.1 Å². The van der Waals surface area contributed by atoms with E-state index in [0.29, 0.717) is 17.1 Å². The number of aromatic nitrogens is 1. The van der Waals surface area contributed by atoms with Crippen molar-refractivity contribution in [3.8, 4) is 0 Å². The van der Waals surface area contributed by atoms with Gasteiger partial charge in [0, 0.05) is 11.6 Å². The number of ether oxygens (including phenoxy) is 1. The molecule has 0 spiro atoms. The minimum Gasteiger partial charge on any atom is -0.449 e. The predicted octanol–water partition coefficient (Wildman–Crippen LogP) is 4.39. The molecule has 0 aliphatic rings. The Morgan fingerprint density at radius 1 is 1.44 bits per heavy atom. The van der Waals surface area contributed by atoms with Crippen molar-refractivity contribution in [2.45, 2.75) is 26.7 Å². The van der Waals surface area contributed by atoms with Crippen molar-refractivity contribution in [1.29, 1.82) is 0 Å². The molecular weight excluding hydrogens is 250 g/mol. The Morgan fingerprint density at radius 3 is 2.94 bits per heavy atom. The maximum Gasteiger partial charge on any atom is 0.418 e. The Morgan fingerprint density at radius 2 is 2.22 bits per heavy atom. The summed E-state index contributed by atoms with van der Waals surface area (Å²) in [4.78, 5) is 11.9. The number of benzene rings is 1. The molecule has 0 fully saturated rings. The number of rotatable bonds is 3. The van der Waals surface area contributed by atoms with E-state index in [2.05, 4.69) is 6.92 Å². The summed E-state index contributed by atoms with van der Waals surface area (Å²) in [5, 5.41) is 1.52. The van der Waals surface area contributed by atoms with Crippen LogP contribution in [0.4, 0.5) is 4.79 Å². The largest absolute Gasteiger partial charge is 0.449 e. The summed E-state index contributed by atoms with van der Waals surface area (Å²) in [5.74, 6) is 0. The van der Waals surface area contributed by atoms with E-state index >= 15 is 0 Å². The first-order valence-corrected chi connectivity index (χ1v) is 6.45. The number of hydrogen-bond acceptors (Lipinski definition) is 2. The molecule has 0 saturated heterocycles. The minimum atomic E-state index is -0.371. The molecule has 1 aromatic carbocycles. The molecule has 0 atom stereocenters. The predicted molar refractivity (Wildman–Crippen MR) is 73.3 cm³/mol. The molecule has 0 N–H and O–H groups in total. The van der Waals surface area contributed by atoms with Gasteiger partial charge < -0.3 is 4.74 Å². The van der Waals surface area contributed by atoms with Crippen LogP contribution >= 0.6 is 11.6 Å². The van der Waals surface area contributed by atoms with Crippen LogP contribution in [0.5, 0.6) is 0 Å². The third-order valence-electron chi connectivity index (χ3n) is 2.80. The average molecular weight is 266 g/mol. The molecule has 0 bridgehead atoms. The number of unbranched alkanes of at least 4 members (excludes halogenated alkanes) is 1. The smallest absolute Gasteiger partial charge is 0.418 e. The Hall–Kier alpha value is -1.48. The standard InChI is InChI=1S/C14H16ClNO2/c1-3-4-7-18-14(17)16-6-5-11-8-10(2)9-12(15)13(11)16/h5-6,8-9H,3-4,7H2,1-2H3. The second-order valence-electron chi connectivity index (χ2n) is 4.34. The molecule has 4 heteroatoms. The molecule has 3 nitrogen and oxygen atoms in total. The lowest BCUT2D eigenvalue weighted by Crippen LogP contribution is -2.13. The van der Waals surface area contributed by atoms with Crippen LogP contribution in [-0.4, -0.2) is 17.3 Å². The van der Waals surface area contributed by atoms with Crippen molar-refractivity contribution in [3.63, 3.8) is 0 Å². The Bertz CT molecular complexity index is 574. The second-order valence-corrected chi connectivity index (χ2v) is 4.75. The van der Waals surface area contributed by atoms with Gasteiger partial charge in [0.25, 0.3) is 0 Å². The van der Waals surface area contributed by atoms with Crippen LogP contribution in [0.1, 0.15) is 25.3 Å². The molecule has 0 amide bonds. The molecule has 0 aliphatic heterocycles. The fourth-order valence-corrected chi connectivity index (χ4v) is 2.27. The van der Waals surface area contributed by atoms with E-state index in [1.165, 1.54) is 4.57 Å². The van der Waals surface area contributed by atoms with Crippen LogP contribution in [0.3, 0.4) is 0 Å². The van der Waals surface area contributed by atoms with E-state index in [4.69, 9.17) is 16.3 Å². The number of fused-ring (bicyclic) bond motifs is 1. The van der Waals surface area contributed by atoms with Gasteiger partial charge in [-0.15, -0.1) is 0 Å². The quantitative estimate of drug-likeness (QED) is 0.771. The number of halogens is 1. The molecule has 1 heterocycles. The first kappa shape index (κ1) is 13.0. The first-order valence-electron chi connectivity index (χ1n) is 6.08. The van der Waals surface area contributed by atoms with Gasteiger partial charge in [0.05, 0.1) is 17.1 Å². The number of aryl methyl sites for hydroxylation is 1. The molecule has 0 saturated carbocycles. The highest BCUT2D eigenvalue weighted by atomic mass is 35.5. The summed E-state index contributed by atoms with van der Waals surface area (Å²) >= 11 is 6.19. The Balaban J connectivity index is 2.31. The summed E-state index contributed by atoms with van der Waals surface area (Å²) in [7, 11) is 0. The Labute approximate surface area is 111 Å². The van der Waals surface area contributed by atoms with E-state index < -0.39 is 0 Å². The first-order chi connectivity index (χ1) is 8.63. The zero-order chi connectivity index (χ0) is 13.1. The zero-order valence-corrected chi connectivity index (χ0v) is 11.3. The van der Waals surface area contributed by atoms with Crippen LogP contribution in [0.25, 0.3) is 10.9 Å². The van der Waals surface area contributed by atoms with Crippen LogP contribution in [0, 0.1) is 6.92 Å². The molecule has 2 rings (SSSR count). The lowest BCUT2D eigenvalue weighted by atomic mass is 10.2. The molecular formula is C14H16ClNO2. The van der Waals surface area contributed by atoms with Crippen LogP contribution in [0.2, 0.25) is 5.02 Å². The molecule has 2 aromatic rings. The van der Waals surface area contributed by atoms with Gasteiger partial charge in [-0.25, -0.2) is 4.79 Å². The fourth-order valence-electron chi connectivity index (χ4n) is 1.90. The van der Waals surface area contributed by atoms with Gasteiger partial charge in [-0.3, -0.25) is 4.57 Å². The van der Waals surface area contributed by atoms with Gasteiger partial charge in [-0.1, -0.05) is 24.9 Å². The van der Waals surface area contributed by atoms with Crippen molar-refractivity contribution < 1.29 is 9.53 Å². The summed E-state index contributed by atoms with van der Waals surface area (Å²) in [6, 6.07) is 5.71. The summed E-state index contributed by atoms with van der Waals surface area (Å²) in [6.45, 7) is 4.47. The van der Waals surface area contributed by atoms with Crippen molar-refractivity contribution in [2.24, 2.45) is 0 Å². The van der Waals surface area contributed by atoms with Crippen molar-refractivity contribution in [2.75, 3.05) is 6.61 Å². The van der Waals surface area contributed by atoms with E-state index in [0.717, 1.165) is 23.8 Å². The molecule has 0 aliphatic carbocycles. The van der Waals surface area contributed by atoms with Crippen molar-refractivity contribution in [3.05, 3.63) is 35.0 Å². The van der Waals surface area contributed by atoms with E-state index in [-0.39, 0.29) is 6.09 Å². The van der Waals surface area contributed by atoms with Crippen LogP contribution in [0.15, 0.2) is 24.4 Å². The highest BCUT2D eigenvalue weighted by molar-refractivity contribution is 6.35. The van der Waals surface area contributed by atoms with Gasteiger partial charge in [-0.2, -0.15) is 0 Å². The fraction of sp³-hybridized carbons (Fsp3) is 0.357. The number of carbonyl (C=O) groups is 1. The van der Waals surface area contributed by atoms with Gasteiger partial charge in [0.2, 0.25) is 0 Å². The lowest BCUT2D eigenvalue weighted by molar-refractivity contribution is 0.147. The number of nitrogens with zero attached hydrogens (tertiary/aromatic N) is 1. The van der Waals surface area contributed by atoms with Crippen molar-refractivity contribution in [1.82, 2.24) is 4.57 Å². The highest BCUT2D eigenvalue weighted by Crippen LogP contribution is 2.26. The maximum atomic E-state index is 11.9.